The molecule has 0 unspecified atom stereocenters. The Kier molecular flexibility index (Phi) is 7.56. The Bertz CT molecular complexity index is 1720. The van der Waals surface area contributed by atoms with Crippen LogP contribution in [0.15, 0.2) is 102 Å². The molecule has 0 fully saturated rings. The van der Waals surface area contributed by atoms with Crippen LogP contribution in [0, 0.1) is 13.8 Å². The largest absolute Gasteiger partial charge is 0.471 e. The lowest BCUT2D eigenvalue weighted by Gasteiger charge is -2.09. The smallest absolute Gasteiger partial charge is 0.276 e. The molecule has 0 spiro atoms. The standard InChI is InChI=1S/C29H26N6O4S/c1-20-18-21(2)31-29(30-20)34-40(37,38)26-14-10-24(11-15-26)32-28(36)27-16-17-35(33-27)19-39-25-12-8-23(9-13-25)22-6-4-3-5-7-22/h3-18H,19H2,1-2H3,(H,32,36)(H,30,31,34). The highest BCUT2D eigenvalue weighted by atomic mass is 32.2. The Morgan fingerprint density at radius 1 is 0.850 bits per heavy atom. The summed E-state index contributed by atoms with van der Waals surface area (Å²) in [5, 5.41) is 6.98. The van der Waals surface area contributed by atoms with Crippen LogP contribution in [-0.2, 0) is 16.8 Å². The van der Waals surface area contributed by atoms with E-state index in [9.17, 15) is 13.2 Å². The Morgan fingerprint density at radius 3 is 2.17 bits per heavy atom. The highest BCUT2D eigenvalue weighted by Crippen LogP contribution is 2.22. The molecule has 5 rings (SSSR count). The van der Waals surface area contributed by atoms with Gasteiger partial charge in [-0.3, -0.25) is 4.79 Å². The van der Waals surface area contributed by atoms with Gasteiger partial charge in [0.15, 0.2) is 12.4 Å². The Morgan fingerprint density at radius 2 is 1.50 bits per heavy atom. The first kappa shape index (κ1) is 26.6. The molecular weight excluding hydrogens is 528 g/mol. The molecule has 10 nitrogen and oxygen atoms in total. The number of hydrogen-bond acceptors (Lipinski definition) is 7. The highest BCUT2D eigenvalue weighted by Gasteiger charge is 2.17. The molecule has 0 radical (unpaired) electrons. The van der Waals surface area contributed by atoms with Crippen LogP contribution in [0.3, 0.4) is 0 Å². The molecule has 202 valence electrons. The molecule has 40 heavy (non-hydrogen) atoms. The Labute approximate surface area is 231 Å². The van der Waals surface area contributed by atoms with Crippen molar-refractivity contribution in [1.29, 1.82) is 0 Å². The van der Waals surface area contributed by atoms with Gasteiger partial charge in [0, 0.05) is 23.3 Å². The minimum atomic E-state index is -3.90. The molecule has 2 aromatic heterocycles. The second-order valence-electron chi connectivity index (χ2n) is 8.96. The molecule has 11 heteroatoms. The average molecular weight is 555 g/mol. The van der Waals surface area contributed by atoms with Gasteiger partial charge in [-0.1, -0.05) is 42.5 Å². The Hall–Kier alpha value is -5.03. The number of hydrogen-bond donors (Lipinski definition) is 2. The monoisotopic (exact) mass is 554 g/mol. The summed E-state index contributed by atoms with van der Waals surface area (Å²) >= 11 is 0. The summed E-state index contributed by atoms with van der Waals surface area (Å²) < 4.78 is 35.1. The summed E-state index contributed by atoms with van der Waals surface area (Å²) in [5.74, 6) is 0.233. The van der Waals surface area contributed by atoms with E-state index < -0.39 is 15.9 Å². The molecule has 1 amide bonds. The third-order valence-electron chi connectivity index (χ3n) is 5.83. The molecule has 2 N–H and O–H groups in total. The minimum absolute atomic E-state index is 0.00126. The SMILES string of the molecule is Cc1cc(C)nc(NS(=O)(=O)c2ccc(NC(=O)c3ccn(COc4ccc(-c5ccccc5)cc4)n3)cc2)n1. The third-order valence-corrected chi connectivity index (χ3v) is 7.17. The first-order valence-corrected chi connectivity index (χ1v) is 13.8. The molecule has 3 aromatic carbocycles. The number of carbonyl (C=O) groups is 1. The van der Waals surface area contributed by atoms with E-state index in [4.69, 9.17) is 4.74 Å². The first-order valence-electron chi connectivity index (χ1n) is 12.3. The van der Waals surface area contributed by atoms with Gasteiger partial charge in [0.25, 0.3) is 15.9 Å². The van der Waals surface area contributed by atoms with Crippen molar-refractivity contribution in [3.05, 3.63) is 114 Å². The topological polar surface area (TPSA) is 128 Å². The van der Waals surface area contributed by atoms with Crippen molar-refractivity contribution < 1.29 is 17.9 Å². The fourth-order valence-corrected chi connectivity index (χ4v) is 4.88. The van der Waals surface area contributed by atoms with Crippen LogP contribution in [0.25, 0.3) is 11.1 Å². The first-order chi connectivity index (χ1) is 19.2. The van der Waals surface area contributed by atoms with Crippen LogP contribution in [0.1, 0.15) is 21.9 Å². The number of sulfonamides is 1. The average Bonchev–Trinajstić information content (AvgIpc) is 3.42. The molecule has 5 aromatic rings. The van der Waals surface area contributed by atoms with Crippen molar-refractivity contribution in [2.75, 3.05) is 10.0 Å². The quantitative estimate of drug-likeness (QED) is 0.261. The lowest BCUT2D eigenvalue weighted by Crippen LogP contribution is -2.16. The van der Waals surface area contributed by atoms with Gasteiger partial charge in [0.2, 0.25) is 5.95 Å². The van der Waals surface area contributed by atoms with E-state index in [2.05, 4.69) is 25.1 Å². The number of carbonyl (C=O) groups excluding carboxylic acids is 1. The highest BCUT2D eigenvalue weighted by molar-refractivity contribution is 7.92. The van der Waals surface area contributed by atoms with E-state index in [0.29, 0.717) is 22.8 Å². The predicted octanol–water partition coefficient (Wildman–Crippen LogP) is 5.05. The third kappa shape index (κ3) is 6.51. The maximum Gasteiger partial charge on any atom is 0.276 e. The zero-order valence-electron chi connectivity index (χ0n) is 21.8. The Balaban J connectivity index is 1.16. The number of amides is 1. The number of benzene rings is 3. The van der Waals surface area contributed by atoms with Crippen LogP contribution >= 0.6 is 0 Å². The van der Waals surface area contributed by atoms with Crippen LogP contribution in [0.2, 0.25) is 0 Å². The summed E-state index contributed by atoms with van der Waals surface area (Å²) in [6.07, 6.45) is 1.64. The fourth-order valence-electron chi connectivity index (χ4n) is 3.93. The van der Waals surface area contributed by atoms with Crippen LogP contribution in [-0.4, -0.2) is 34.1 Å². The number of anilines is 2. The van der Waals surface area contributed by atoms with Gasteiger partial charge in [-0.05, 0) is 73.5 Å². The zero-order valence-corrected chi connectivity index (χ0v) is 22.6. The van der Waals surface area contributed by atoms with E-state index in [1.165, 1.54) is 28.9 Å². The molecule has 2 heterocycles. The number of nitrogens with zero attached hydrogens (tertiary/aromatic N) is 4. The second-order valence-corrected chi connectivity index (χ2v) is 10.6. The zero-order chi connectivity index (χ0) is 28.1. The molecule has 0 saturated heterocycles. The maximum atomic E-state index is 12.7. The number of aryl methyl sites for hydroxylation is 2. The predicted molar refractivity (Wildman–Crippen MR) is 151 cm³/mol. The van der Waals surface area contributed by atoms with Gasteiger partial charge in [-0.25, -0.2) is 27.8 Å². The normalized spacial score (nSPS) is 11.2. The van der Waals surface area contributed by atoms with E-state index in [-0.39, 0.29) is 23.3 Å². The van der Waals surface area contributed by atoms with E-state index in [1.807, 2.05) is 54.6 Å². The number of rotatable bonds is 9. The summed E-state index contributed by atoms with van der Waals surface area (Å²) in [7, 11) is -3.90. The molecule has 0 aliphatic heterocycles. The molecule has 0 saturated carbocycles. The van der Waals surface area contributed by atoms with Gasteiger partial charge in [-0.2, -0.15) is 5.10 Å². The van der Waals surface area contributed by atoms with Crippen LogP contribution < -0.4 is 14.8 Å². The van der Waals surface area contributed by atoms with Gasteiger partial charge in [0.05, 0.1) is 4.90 Å². The molecule has 0 aliphatic carbocycles. The summed E-state index contributed by atoms with van der Waals surface area (Å²) in [5.41, 5.74) is 4.11. The number of ether oxygens (including phenoxy) is 1. The summed E-state index contributed by atoms with van der Waals surface area (Å²) in [4.78, 5) is 20.9. The second kappa shape index (κ2) is 11.4. The molecule has 0 aliphatic rings. The van der Waals surface area contributed by atoms with Gasteiger partial charge in [0.1, 0.15) is 5.75 Å². The summed E-state index contributed by atoms with van der Waals surface area (Å²) in [6.45, 7) is 3.64. The van der Waals surface area contributed by atoms with E-state index >= 15 is 0 Å². The minimum Gasteiger partial charge on any atom is -0.471 e. The number of nitrogens with one attached hydrogen (secondary N) is 2. The molecular formula is C29H26N6O4S. The van der Waals surface area contributed by atoms with Gasteiger partial charge >= 0.3 is 0 Å². The fraction of sp³-hybridized carbons (Fsp3) is 0.103. The van der Waals surface area contributed by atoms with E-state index in [1.54, 1.807) is 32.2 Å². The van der Waals surface area contributed by atoms with Crippen LogP contribution in [0.5, 0.6) is 5.75 Å². The number of aromatic nitrogens is 4. The van der Waals surface area contributed by atoms with E-state index in [0.717, 1.165) is 11.1 Å². The lowest BCUT2D eigenvalue weighted by atomic mass is 10.1. The van der Waals surface area contributed by atoms with Crippen molar-refractivity contribution in [3.63, 3.8) is 0 Å². The van der Waals surface area contributed by atoms with Crippen LogP contribution in [0.4, 0.5) is 11.6 Å². The molecule has 0 atom stereocenters. The van der Waals surface area contributed by atoms with Crippen molar-refractivity contribution in [2.24, 2.45) is 0 Å². The van der Waals surface area contributed by atoms with Crippen molar-refractivity contribution in [3.8, 4) is 16.9 Å². The lowest BCUT2D eigenvalue weighted by molar-refractivity contribution is 0.102. The molecule has 0 bridgehead atoms. The maximum absolute atomic E-state index is 12.7. The summed E-state index contributed by atoms with van der Waals surface area (Å²) in [6, 6.07) is 26.9. The van der Waals surface area contributed by atoms with Crippen molar-refractivity contribution in [2.45, 2.75) is 25.5 Å². The van der Waals surface area contributed by atoms with Gasteiger partial charge in [-0.15, -0.1) is 0 Å². The van der Waals surface area contributed by atoms with Crippen molar-refractivity contribution >= 4 is 27.6 Å². The van der Waals surface area contributed by atoms with Gasteiger partial charge < -0.3 is 10.1 Å². The van der Waals surface area contributed by atoms with Crippen molar-refractivity contribution in [1.82, 2.24) is 19.7 Å².